The number of anilines is 2. The van der Waals surface area contributed by atoms with Gasteiger partial charge in [0.25, 0.3) is 5.91 Å². The molecule has 5 nitrogen and oxygen atoms in total. The molecule has 0 aliphatic rings. The number of carbonyl (C=O) groups is 1. The zero-order valence-corrected chi connectivity index (χ0v) is 14.2. The first kappa shape index (κ1) is 16.9. The van der Waals surface area contributed by atoms with Crippen LogP contribution in [-0.4, -0.2) is 29.5 Å². The minimum atomic E-state index is -0.154. The largest absolute Gasteiger partial charge is 0.351 e. The van der Waals surface area contributed by atoms with E-state index in [-0.39, 0.29) is 5.91 Å². The van der Waals surface area contributed by atoms with Crippen LogP contribution in [0, 0.1) is 12.8 Å². The second-order valence-corrected chi connectivity index (χ2v) is 5.99. The first-order valence-electron chi connectivity index (χ1n) is 7.90. The maximum atomic E-state index is 12.3. The molecule has 23 heavy (non-hydrogen) atoms. The smallest absolute Gasteiger partial charge is 0.270 e. The zero-order chi connectivity index (χ0) is 16.8. The fraction of sp³-hybridized carbons (Fsp3) is 0.389. The van der Waals surface area contributed by atoms with Crippen LogP contribution in [0.4, 0.5) is 11.5 Å². The summed E-state index contributed by atoms with van der Waals surface area (Å²) >= 11 is 0. The summed E-state index contributed by atoms with van der Waals surface area (Å²) in [5.74, 6) is 1.69. The molecule has 0 saturated carbocycles. The molecule has 2 rings (SSSR count). The molecular formula is C18H24N4O. The van der Waals surface area contributed by atoms with Crippen molar-refractivity contribution < 1.29 is 4.79 Å². The molecule has 5 heteroatoms. The van der Waals surface area contributed by atoms with Gasteiger partial charge in [0.2, 0.25) is 0 Å². The van der Waals surface area contributed by atoms with Gasteiger partial charge in [-0.1, -0.05) is 32.0 Å². The van der Waals surface area contributed by atoms with Crippen LogP contribution in [0.2, 0.25) is 0 Å². The molecule has 2 aromatic rings. The Morgan fingerprint density at radius 2 is 1.91 bits per heavy atom. The third-order valence-electron chi connectivity index (χ3n) is 3.55. The lowest BCUT2D eigenvalue weighted by Gasteiger charge is -2.19. The van der Waals surface area contributed by atoms with E-state index >= 15 is 0 Å². The highest BCUT2D eigenvalue weighted by Gasteiger charge is 2.13. The minimum Gasteiger partial charge on any atom is -0.351 e. The number of amides is 1. The van der Waals surface area contributed by atoms with Gasteiger partial charge < -0.3 is 10.2 Å². The quantitative estimate of drug-likeness (QED) is 0.889. The van der Waals surface area contributed by atoms with Crippen molar-refractivity contribution in [1.82, 2.24) is 15.3 Å². The van der Waals surface area contributed by atoms with E-state index < -0.39 is 0 Å². The van der Waals surface area contributed by atoms with Gasteiger partial charge in [0, 0.05) is 25.3 Å². The molecule has 1 heterocycles. The lowest BCUT2D eigenvalue weighted by Crippen LogP contribution is -2.27. The van der Waals surface area contributed by atoms with E-state index in [4.69, 9.17) is 0 Å². The molecule has 0 aliphatic heterocycles. The summed E-state index contributed by atoms with van der Waals surface area (Å²) in [5.41, 5.74) is 1.41. The van der Waals surface area contributed by atoms with Gasteiger partial charge in [0.1, 0.15) is 17.3 Å². The van der Waals surface area contributed by atoms with Crippen LogP contribution < -0.4 is 10.2 Å². The monoisotopic (exact) mass is 312 g/mol. The van der Waals surface area contributed by atoms with Crippen LogP contribution in [0.3, 0.4) is 0 Å². The summed E-state index contributed by atoms with van der Waals surface area (Å²) in [6, 6.07) is 11.6. The molecular weight excluding hydrogens is 288 g/mol. The molecule has 122 valence electrons. The number of hydrogen-bond acceptors (Lipinski definition) is 4. The summed E-state index contributed by atoms with van der Waals surface area (Å²) in [6.07, 6.45) is 0.951. The predicted molar refractivity (Wildman–Crippen MR) is 93.1 cm³/mol. The molecule has 0 spiro atoms. The molecule has 0 bridgehead atoms. The van der Waals surface area contributed by atoms with Crippen LogP contribution in [0.5, 0.6) is 0 Å². The molecule has 0 radical (unpaired) electrons. The van der Waals surface area contributed by atoms with Crippen molar-refractivity contribution in [3.8, 4) is 0 Å². The Morgan fingerprint density at radius 1 is 1.22 bits per heavy atom. The Bertz CT molecular complexity index is 655. The molecule has 0 saturated heterocycles. The zero-order valence-electron chi connectivity index (χ0n) is 14.2. The maximum absolute atomic E-state index is 12.3. The fourth-order valence-corrected chi connectivity index (χ4v) is 2.19. The van der Waals surface area contributed by atoms with Crippen molar-refractivity contribution in [2.75, 3.05) is 18.5 Å². The molecule has 0 fully saturated rings. The molecule has 1 aromatic carbocycles. The van der Waals surface area contributed by atoms with E-state index in [2.05, 4.69) is 29.1 Å². The number of carbonyl (C=O) groups excluding carboxylic acids is 1. The van der Waals surface area contributed by atoms with Crippen molar-refractivity contribution >= 4 is 17.4 Å². The summed E-state index contributed by atoms with van der Waals surface area (Å²) < 4.78 is 0. The highest BCUT2D eigenvalue weighted by molar-refractivity contribution is 5.93. The van der Waals surface area contributed by atoms with E-state index in [0.29, 0.717) is 29.8 Å². The molecule has 0 atom stereocenters. The van der Waals surface area contributed by atoms with E-state index in [1.54, 1.807) is 13.0 Å². The van der Waals surface area contributed by atoms with Crippen molar-refractivity contribution in [2.45, 2.75) is 27.2 Å². The lowest BCUT2D eigenvalue weighted by molar-refractivity contribution is 0.0946. The topological polar surface area (TPSA) is 58.1 Å². The van der Waals surface area contributed by atoms with Gasteiger partial charge in [-0.25, -0.2) is 9.97 Å². The van der Waals surface area contributed by atoms with Gasteiger partial charge >= 0.3 is 0 Å². The fourth-order valence-electron chi connectivity index (χ4n) is 2.19. The van der Waals surface area contributed by atoms with Crippen molar-refractivity contribution in [1.29, 1.82) is 0 Å². The third-order valence-corrected chi connectivity index (χ3v) is 3.55. The first-order valence-corrected chi connectivity index (χ1v) is 7.90. The molecule has 0 unspecified atom stereocenters. The Hall–Kier alpha value is -2.43. The second-order valence-electron chi connectivity index (χ2n) is 5.99. The number of aromatic nitrogens is 2. The van der Waals surface area contributed by atoms with E-state index in [1.165, 1.54) is 0 Å². The average molecular weight is 312 g/mol. The second kappa shape index (κ2) is 7.72. The van der Waals surface area contributed by atoms with Gasteiger partial charge in [-0.3, -0.25) is 4.79 Å². The number of rotatable bonds is 6. The number of benzene rings is 1. The van der Waals surface area contributed by atoms with Crippen LogP contribution in [0.1, 0.15) is 36.6 Å². The Labute approximate surface area is 137 Å². The predicted octanol–water partition coefficient (Wildman–Crippen LogP) is 3.33. The van der Waals surface area contributed by atoms with Crippen LogP contribution in [0.25, 0.3) is 0 Å². The van der Waals surface area contributed by atoms with Crippen LogP contribution in [-0.2, 0) is 0 Å². The SMILES string of the molecule is Cc1nc(C(=O)NCCC(C)C)cc(N(C)c2ccccc2)n1. The summed E-state index contributed by atoms with van der Waals surface area (Å²) in [6.45, 7) is 6.72. The summed E-state index contributed by atoms with van der Waals surface area (Å²) in [4.78, 5) is 22.9. The standard InChI is InChI=1S/C18H24N4O/c1-13(2)10-11-19-18(23)16-12-17(21-14(3)20-16)22(4)15-8-6-5-7-9-15/h5-9,12-13H,10-11H2,1-4H3,(H,19,23). The Kier molecular flexibility index (Phi) is 5.68. The molecule has 1 aromatic heterocycles. The maximum Gasteiger partial charge on any atom is 0.270 e. The van der Waals surface area contributed by atoms with Gasteiger partial charge in [0.15, 0.2) is 0 Å². The first-order chi connectivity index (χ1) is 11.0. The van der Waals surface area contributed by atoms with Crippen LogP contribution >= 0.6 is 0 Å². The molecule has 0 aliphatic carbocycles. The van der Waals surface area contributed by atoms with Crippen LogP contribution in [0.15, 0.2) is 36.4 Å². The Balaban J connectivity index is 2.17. The summed E-state index contributed by atoms with van der Waals surface area (Å²) in [7, 11) is 1.93. The molecule has 1 N–H and O–H groups in total. The number of hydrogen-bond donors (Lipinski definition) is 1. The van der Waals surface area contributed by atoms with Gasteiger partial charge in [0.05, 0.1) is 0 Å². The minimum absolute atomic E-state index is 0.154. The van der Waals surface area contributed by atoms with E-state index in [1.807, 2.05) is 42.3 Å². The number of aryl methyl sites for hydroxylation is 1. The van der Waals surface area contributed by atoms with Gasteiger partial charge in [-0.2, -0.15) is 0 Å². The molecule has 1 amide bonds. The number of nitrogens with zero attached hydrogens (tertiary/aromatic N) is 3. The normalized spacial score (nSPS) is 10.7. The summed E-state index contributed by atoms with van der Waals surface area (Å²) in [5, 5.41) is 2.92. The number of nitrogens with one attached hydrogen (secondary N) is 1. The number of para-hydroxylation sites is 1. The van der Waals surface area contributed by atoms with E-state index in [9.17, 15) is 4.79 Å². The highest BCUT2D eigenvalue weighted by Crippen LogP contribution is 2.21. The van der Waals surface area contributed by atoms with E-state index in [0.717, 1.165) is 12.1 Å². The average Bonchev–Trinajstić information content (AvgIpc) is 2.54. The lowest BCUT2D eigenvalue weighted by atomic mass is 10.1. The van der Waals surface area contributed by atoms with Crippen molar-refractivity contribution in [3.05, 3.63) is 47.9 Å². The van der Waals surface area contributed by atoms with Crippen molar-refractivity contribution in [3.63, 3.8) is 0 Å². The highest BCUT2D eigenvalue weighted by atomic mass is 16.1. The third kappa shape index (κ3) is 4.77. The van der Waals surface area contributed by atoms with Crippen molar-refractivity contribution in [2.24, 2.45) is 5.92 Å². The Morgan fingerprint density at radius 3 is 2.57 bits per heavy atom. The van der Waals surface area contributed by atoms with Gasteiger partial charge in [-0.05, 0) is 31.4 Å². The van der Waals surface area contributed by atoms with Gasteiger partial charge in [-0.15, -0.1) is 0 Å².